The number of rotatable bonds is 9. The van der Waals surface area contributed by atoms with Gasteiger partial charge in [-0.05, 0) is 43.3 Å². The minimum absolute atomic E-state index is 0.0456. The number of nitrogens with zero attached hydrogens (tertiary/aromatic N) is 4. The molecular weight excluding hydrogens is 542 g/mol. The molecule has 2 aromatic carbocycles. The first-order chi connectivity index (χ1) is 19.3. The van der Waals surface area contributed by atoms with Crippen molar-refractivity contribution in [2.75, 3.05) is 11.9 Å². The van der Waals surface area contributed by atoms with E-state index in [1.165, 1.54) is 35.0 Å². The lowest BCUT2D eigenvalue weighted by atomic mass is 10.1. The summed E-state index contributed by atoms with van der Waals surface area (Å²) < 4.78 is 17.8. The molecule has 0 atom stereocenters. The van der Waals surface area contributed by atoms with Crippen LogP contribution in [0.25, 0.3) is 16.9 Å². The Balaban J connectivity index is 1.28. The Morgan fingerprint density at radius 3 is 2.77 bits per heavy atom. The molecule has 0 fully saturated rings. The summed E-state index contributed by atoms with van der Waals surface area (Å²) in [4.78, 5) is 39.7. The first-order valence-corrected chi connectivity index (χ1v) is 12.3. The normalized spacial score (nSPS) is 10.8. The number of carbonyl (C=O) groups is 2. The molecule has 13 heteroatoms. The molecule has 202 valence electrons. The lowest BCUT2D eigenvalue weighted by Crippen LogP contribution is -2.11. The number of aromatic nitrogens is 3. The number of fused-ring (bicyclic) bond motifs is 1. The van der Waals surface area contributed by atoms with Gasteiger partial charge >= 0.3 is 5.97 Å². The second kappa shape index (κ2) is 11.3. The Morgan fingerprint density at radius 2 is 2.00 bits per heavy atom. The van der Waals surface area contributed by atoms with E-state index in [9.17, 15) is 19.7 Å². The van der Waals surface area contributed by atoms with E-state index in [4.69, 9.17) is 25.5 Å². The van der Waals surface area contributed by atoms with Crippen LogP contribution in [0.15, 0.2) is 77.5 Å². The number of nitrogens with one attached hydrogen (secondary N) is 1. The molecule has 1 N–H and O–H groups in total. The molecule has 0 saturated heterocycles. The predicted octanol–water partition coefficient (Wildman–Crippen LogP) is 5.56. The van der Waals surface area contributed by atoms with Crippen molar-refractivity contribution in [3.8, 4) is 17.0 Å². The number of carbonyl (C=O) groups excluding carboxylic acids is 2. The van der Waals surface area contributed by atoms with E-state index in [2.05, 4.69) is 15.4 Å². The Labute approximate surface area is 231 Å². The summed E-state index contributed by atoms with van der Waals surface area (Å²) in [6, 6.07) is 15.8. The molecule has 0 aliphatic rings. The predicted molar refractivity (Wildman–Crippen MR) is 143 cm³/mol. The standard InChI is InChI=1S/C27H20ClN5O7/c1-2-38-27(35)20-14-30-32-22(10-11-29-25(20)32)16-4-3-5-17(12-16)31-26(34)24-9-7-19(40-24)15-39-23-8-6-18(33(36)37)13-21(23)28/h3-14H,2,15H2,1H3,(H,31,34). The third-order valence-electron chi connectivity index (χ3n) is 5.69. The van der Waals surface area contributed by atoms with Gasteiger partial charge in [0.1, 0.15) is 23.7 Å². The van der Waals surface area contributed by atoms with E-state index in [1.54, 1.807) is 43.5 Å². The van der Waals surface area contributed by atoms with Gasteiger partial charge in [-0.15, -0.1) is 0 Å². The van der Waals surface area contributed by atoms with Gasteiger partial charge in [0.05, 0.1) is 28.4 Å². The van der Waals surface area contributed by atoms with E-state index in [0.29, 0.717) is 22.8 Å². The first kappa shape index (κ1) is 26.4. The van der Waals surface area contributed by atoms with Crippen LogP contribution >= 0.6 is 11.6 Å². The van der Waals surface area contributed by atoms with Crippen molar-refractivity contribution in [3.63, 3.8) is 0 Å². The maximum Gasteiger partial charge on any atom is 0.343 e. The second-order valence-corrected chi connectivity index (χ2v) is 8.71. The van der Waals surface area contributed by atoms with Crippen molar-refractivity contribution >= 4 is 40.5 Å². The summed E-state index contributed by atoms with van der Waals surface area (Å²) >= 11 is 6.05. The van der Waals surface area contributed by atoms with Gasteiger partial charge < -0.3 is 19.2 Å². The third kappa shape index (κ3) is 5.47. The van der Waals surface area contributed by atoms with Crippen LogP contribution in [-0.2, 0) is 11.3 Å². The van der Waals surface area contributed by atoms with Gasteiger partial charge in [-0.2, -0.15) is 5.10 Å². The van der Waals surface area contributed by atoms with Crippen molar-refractivity contribution in [1.29, 1.82) is 0 Å². The molecule has 5 rings (SSSR count). The monoisotopic (exact) mass is 561 g/mol. The summed E-state index contributed by atoms with van der Waals surface area (Å²) in [5.41, 5.74) is 2.32. The smallest absolute Gasteiger partial charge is 0.343 e. The summed E-state index contributed by atoms with van der Waals surface area (Å²) in [6.07, 6.45) is 2.97. The number of amides is 1. The van der Waals surface area contributed by atoms with Gasteiger partial charge in [0.25, 0.3) is 11.6 Å². The van der Waals surface area contributed by atoms with Crippen LogP contribution in [0.5, 0.6) is 5.75 Å². The molecule has 0 saturated carbocycles. The van der Waals surface area contributed by atoms with Crippen LogP contribution in [0.1, 0.15) is 33.6 Å². The van der Waals surface area contributed by atoms with E-state index in [-0.39, 0.29) is 41.0 Å². The number of hydrogen-bond donors (Lipinski definition) is 1. The molecule has 3 aromatic heterocycles. The number of halogens is 1. The molecule has 0 unspecified atom stereocenters. The number of non-ortho nitro benzene ring substituents is 1. The molecule has 12 nitrogen and oxygen atoms in total. The van der Waals surface area contributed by atoms with Crippen molar-refractivity contribution < 1.29 is 28.4 Å². The molecule has 3 heterocycles. The number of benzene rings is 2. The fourth-order valence-electron chi connectivity index (χ4n) is 3.86. The second-order valence-electron chi connectivity index (χ2n) is 8.31. The molecular formula is C27H20ClN5O7. The average Bonchev–Trinajstić information content (AvgIpc) is 3.60. The highest BCUT2D eigenvalue weighted by molar-refractivity contribution is 6.32. The zero-order chi connectivity index (χ0) is 28.2. The summed E-state index contributed by atoms with van der Waals surface area (Å²) in [5.74, 6) is -0.356. The lowest BCUT2D eigenvalue weighted by molar-refractivity contribution is -0.384. The van der Waals surface area contributed by atoms with Crippen molar-refractivity contribution in [1.82, 2.24) is 14.6 Å². The zero-order valence-electron chi connectivity index (χ0n) is 20.9. The number of hydrogen-bond acceptors (Lipinski definition) is 9. The van der Waals surface area contributed by atoms with E-state index < -0.39 is 16.8 Å². The van der Waals surface area contributed by atoms with Gasteiger partial charge in [-0.3, -0.25) is 14.9 Å². The summed E-state index contributed by atoms with van der Waals surface area (Å²) in [6.45, 7) is 1.91. The van der Waals surface area contributed by atoms with Crippen LogP contribution in [0, 0.1) is 10.1 Å². The number of nitro benzene ring substituents is 1. The largest absolute Gasteiger partial charge is 0.484 e. The quantitative estimate of drug-likeness (QED) is 0.138. The van der Waals surface area contributed by atoms with Gasteiger partial charge in [-0.1, -0.05) is 23.7 Å². The SMILES string of the molecule is CCOC(=O)c1cnn2c(-c3cccc(NC(=O)c4ccc(COc5ccc([N+](=O)[O-])cc5Cl)o4)c3)ccnc12. The highest BCUT2D eigenvalue weighted by Gasteiger charge is 2.18. The minimum Gasteiger partial charge on any atom is -0.484 e. The molecule has 40 heavy (non-hydrogen) atoms. The molecule has 0 aliphatic heterocycles. The Bertz CT molecular complexity index is 1750. The number of esters is 1. The number of furan rings is 1. The average molecular weight is 562 g/mol. The Kier molecular flexibility index (Phi) is 7.42. The van der Waals surface area contributed by atoms with E-state index in [0.717, 1.165) is 5.56 Å². The zero-order valence-corrected chi connectivity index (χ0v) is 21.6. The highest BCUT2D eigenvalue weighted by Crippen LogP contribution is 2.29. The van der Waals surface area contributed by atoms with Crippen LogP contribution in [0.4, 0.5) is 11.4 Å². The Morgan fingerprint density at radius 1 is 1.15 bits per heavy atom. The summed E-state index contributed by atoms with van der Waals surface area (Å²) in [7, 11) is 0. The molecule has 0 aliphatic carbocycles. The third-order valence-corrected chi connectivity index (χ3v) is 5.99. The Hall–Kier alpha value is -5.23. The van der Waals surface area contributed by atoms with Crippen LogP contribution in [0.3, 0.4) is 0 Å². The van der Waals surface area contributed by atoms with E-state index >= 15 is 0 Å². The fourth-order valence-corrected chi connectivity index (χ4v) is 4.09. The van der Waals surface area contributed by atoms with E-state index in [1.807, 2.05) is 6.07 Å². The van der Waals surface area contributed by atoms with Gasteiger partial charge in [0, 0.05) is 29.6 Å². The molecule has 5 aromatic rings. The van der Waals surface area contributed by atoms with Crippen LogP contribution < -0.4 is 10.1 Å². The van der Waals surface area contributed by atoms with Gasteiger partial charge in [0.2, 0.25) is 0 Å². The molecule has 0 spiro atoms. The van der Waals surface area contributed by atoms with Crippen molar-refractivity contribution in [2.24, 2.45) is 0 Å². The fraction of sp³-hybridized carbons (Fsp3) is 0.111. The summed E-state index contributed by atoms with van der Waals surface area (Å²) in [5, 5.41) is 18.0. The first-order valence-electron chi connectivity index (χ1n) is 11.9. The number of ether oxygens (including phenoxy) is 2. The van der Waals surface area contributed by atoms with Gasteiger partial charge in [-0.25, -0.2) is 14.3 Å². The van der Waals surface area contributed by atoms with Gasteiger partial charge in [0.15, 0.2) is 11.4 Å². The number of anilines is 1. The number of nitro groups is 1. The lowest BCUT2D eigenvalue weighted by Gasteiger charge is -2.08. The maximum absolute atomic E-state index is 12.8. The van der Waals surface area contributed by atoms with Crippen LogP contribution in [0.2, 0.25) is 5.02 Å². The topological polar surface area (TPSA) is 151 Å². The molecule has 1 amide bonds. The minimum atomic E-state index is -0.556. The van der Waals surface area contributed by atoms with Crippen molar-refractivity contribution in [2.45, 2.75) is 13.5 Å². The van der Waals surface area contributed by atoms with Crippen LogP contribution in [-0.4, -0.2) is 38.0 Å². The highest BCUT2D eigenvalue weighted by atomic mass is 35.5. The van der Waals surface area contributed by atoms with Crippen molar-refractivity contribution in [3.05, 3.63) is 105 Å². The molecule has 0 radical (unpaired) electrons. The maximum atomic E-state index is 12.8. The molecule has 0 bridgehead atoms.